The van der Waals surface area contributed by atoms with Crippen molar-refractivity contribution in [2.75, 3.05) is 5.32 Å². The van der Waals surface area contributed by atoms with Crippen LogP contribution in [0.1, 0.15) is 36.8 Å². The smallest absolute Gasteiger partial charge is 0.154 e. The van der Waals surface area contributed by atoms with Crippen molar-refractivity contribution in [1.82, 2.24) is 29.2 Å². The van der Waals surface area contributed by atoms with Gasteiger partial charge in [-0.3, -0.25) is 0 Å². The van der Waals surface area contributed by atoms with Crippen LogP contribution in [0.4, 0.5) is 5.82 Å². The summed E-state index contributed by atoms with van der Waals surface area (Å²) in [5.41, 5.74) is 6.24. The van der Waals surface area contributed by atoms with Crippen LogP contribution in [0.25, 0.3) is 52.6 Å². The highest BCUT2D eigenvalue weighted by Gasteiger charge is 2.20. The molecule has 1 aliphatic carbocycles. The minimum atomic E-state index is -0.143. The standard InChI is InChI=1S/C21H22N4OS.C15H10ClN3S/c1-13-3-2-4-14-11-18(27-21(13)14)17-12-22-20-10-9-19(24-25(17)20)23-15-5-7-16(26)8-6-15;1-9-3-2-4-10-7-12(20-15(9)10)11-8-17-14-6-5-13(16)18-19(11)14/h2-4,9-12,15-16,26H,5-8H2,1H3,(H,23,24);2-8H,1H3. The van der Waals surface area contributed by atoms with Crippen LogP contribution in [0.3, 0.4) is 0 Å². The zero-order valence-corrected chi connectivity index (χ0v) is 28.3. The molecule has 1 fully saturated rings. The number of nitrogens with one attached hydrogen (secondary N) is 1. The first-order valence-corrected chi connectivity index (χ1v) is 17.7. The summed E-state index contributed by atoms with van der Waals surface area (Å²) in [5, 5.41) is 25.3. The summed E-state index contributed by atoms with van der Waals surface area (Å²) in [7, 11) is 0. The Kier molecular flexibility index (Phi) is 7.89. The van der Waals surface area contributed by atoms with Crippen molar-refractivity contribution in [3.63, 3.8) is 0 Å². The average molecular weight is 678 g/mol. The van der Waals surface area contributed by atoms with Gasteiger partial charge in [-0.15, -0.1) is 27.8 Å². The van der Waals surface area contributed by atoms with Crippen molar-refractivity contribution in [1.29, 1.82) is 0 Å². The Morgan fingerprint density at radius 1 is 0.723 bits per heavy atom. The second-order valence-electron chi connectivity index (χ2n) is 12.1. The normalized spacial score (nSPS) is 16.6. The summed E-state index contributed by atoms with van der Waals surface area (Å²) < 4.78 is 6.35. The van der Waals surface area contributed by atoms with Crippen LogP contribution in [-0.2, 0) is 0 Å². The molecule has 0 spiro atoms. The minimum Gasteiger partial charge on any atom is -0.393 e. The molecule has 8 aromatic rings. The van der Waals surface area contributed by atoms with Gasteiger partial charge >= 0.3 is 0 Å². The van der Waals surface area contributed by atoms with Crippen LogP contribution in [0.5, 0.6) is 0 Å². The van der Waals surface area contributed by atoms with E-state index in [-0.39, 0.29) is 6.10 Å². The Balaban J connectivity index is 0.000000144. The van der Waals surface area contributed by atoms with Gasteiger partial charge < -0.3 is 10.4 Å². The maximum Gasteiger partial charge on any atom is 0.154 e. The average Bonchev–Trinajstić information content (AvgIpc) is 3.87. The number of hydrogen-bond acceptors (Lipinski definition) is 8. The Labute approximate surface area is 284 Å². The van der Waals surface area contributed by atoms with E-state index in [1.54, 1.807) is 33.3 Å². The molecule has 6 heterocycles. The maximum absolute atomic E-state index is 9.69. The molecule has 2 N–H and O–H groups in total. The highest BCUT2D eigenvalue weighted by molar-refractivity contribution is 7.22. The van der Waals surface area contributed by atoms with Gasteiger partial charge in [0.2, 0.25) is 0 Å². The summed E-state index contributed by atoms with van der Waals surface area (Å²) in [6.45, 7) is 4.28. The molecule has 0 bridgehead atoms. The van der Waals surface area contributed by atoms with E-state index >= 15 is 0 Å². The summed E-state index contributed by atoms with van der Waals surface area (Å²) in [6, 6.07) is 25.2. The molecular weight excluding hydrogens is 646 g/mol. The molecule has 236 valence electrons. The van der Waals surface area contributed by atoms with Crippen LogP contribution in [0, 0.1) is 13.8 Å². The zero-order valence-electron chi connectivity index (χ0n) is 25.9. The molecule has 8 nitrogen and oxygen atoms in total. The lowest BCUT2D eigenvalue weighted by Crippen LogP contribution is -2.28. The summed E-state index contributed by atoms with van der Waals surface area (Å²) in [5.74, 6) is 0.862. The number of aliphatic hydroxyl groups is 1. The molecule has 0 unspecified atom stereocenters. The summed E-state index contributed by atoms with van der Waals surface area (Å²) in [6.07, 6.45) is 7.28. The Morgan fingerprint density at radius 3 is 1.85 bits per heavy atom. The number of imidazole rings is 2. The number of aliphatic hydroxyl groups excluding tert-OH is 1. The molecule has 2 aromatic carbocycles. The molecule has 0 atom stereocenters. The Morgan fingerprint density at radius 2 is 1.28 bits per heavy atom. The second-order valence-corrected chi connectivity index (χ2v) is 14.6. The van der Waals surface area contributed by atoms with Crippen molar-refractivity contribution in [3.8, 4) is 21.1 Å². The molecule has 6 aromatic heterocycles. The molecule has 0 saturated heterocycles. The van der Waals surface area contributed by atoms with Crippen molar-refractivity contribution in [2.45, 2.75) is 51.7 Å². The number of halogens is 1. The van der Waals surface area contributed by atoms with Gasteiger partial charge in [-0.2, -0.15) is 5.10 Å². The lowest BCUT2D eigenvalue weighted by Gasteiger charge is -2.26. The van der Waals surface area contributed by atoms with E-state index in [1.807, 2.05) is 35.1 Å². The van der Waals surface area contributed by atoms with E-state index in [0.717, 1.165) is 59.1 Å². The SMILES string of the molecule is Cc1cccc2cc(-c3cnc4ccc(Cl)nn34)sc12.Cc1cccc2cc(-c3cnc4ccc(NC5CCC(O)CC5)nn34)sc12. The second kappa shape index (κ2) is 12.4. The lowest BCUT2D eigenvalue weighted by molar-refractivity contribution is 0.126. The third kappa shape index (κ3) is 5.87. The quantitative estimate of drug-likeness (QED) is 0.193. The fraction of sp³-hybridized carbons (Fsp3) is 0.222. The van der Waals surface area contributed by atoms with Gasteiger partial charge in [0.25, 0.3) is 0 Å². The summed E-state index contributed by atoms with van der Waals surface area (Å²) >= 11 is 9.53. The first-order chi connectivity index (χ1) is 22.9. The number of hydrogen-bond donors (Lipinski definition) is 2. The van der Waals surface area contributed by atoms with Gasteiger partial charge in [0.05, 0.1) is 28.3 Å². The molecule has 0 radical (unpaired) electrons. The topological polar surface area (TPSA) is 92.6 Å². The van der Waals surface area contributed by atoms with Gasteiger partial charge in [-0.25, -0.2) is 19.0 Å². The largest absolute Gasteiger partial charge is 0.393 e. The predicted octanol–water partition coefficient (Wildman–Crippen LogP) is 9.21. The minimum absolute atomic E-state index is 0.143. The van der Waals surface area contributed by atoms with Crippen LogP contribution in [0.2, 0.25) is 5.15 Å². The monoisotopic (exact) mass is 677 g/mol. The van der Waals surface area contributed by atoms with Crippen molar-refractivity contribution in [3.05, 3.63) is 101 Å². The Bertz CT molecular complexity index is 2380. The van der Waals surface area contributed by atoms with E-state index in [2.05, 4.69) is 82.8 Å². The first-order valence-electron chi connectivity index (χ1n) is 15.7. The van der Waals surface area contributed by atoms with Crippen LogP contribution in [0.15, 0.2) is 85.2 Å². The van der Waals surface area contributed by atoms with Crippen LogP contribution in [-0.4, -0.2) is 46.4 Å². The summed E-state index contributed by atoms with van der Waals surface area (Å²) in [4.78, 5) is 11.2. The number of rotatable bonds is 4. The Hall–Kier alpha value is -4.35. The predicted molar refractivity (Wildman–Crippen MR) is 194 cm³/mol. The maximum atomic E-state index is 9.69. The highest BCUT2D eigenvalue weighted by atomic mass is 35.5. The van der Waals surface area contributed by atoms with Crippen LogP contribution < -0.4 is 5.32 Å². The fourth-order valence-electron chi connectivity index (χ4n) is 6.24. The third-order valence-electron chi connectivity index (χ3n) is 8.73. The molecule has 9 rings (SSSR count). The number of aromatic nitrogens is 6. The first kappa shape index (κ1) is 30.0. The molecule has 47 heavy (non-hydrogen) atoms. The van der Waals surface area contributed by atoms with Gasteiger partial charge in [-0.05, 0) is 97.8 Å². The number of thiophene rings is 2. The zero-order chi connectivity index (χ0) is 32.1. The van der Waals surface area contributed by atoms with Gasteiger partial charge in [-0.1, -0.05) is 48.0 Å². The molecule has 0 aliphatic heterocycles. The fourth-order valence-corrected chi connectivity index (χ4v) is 8.62. The number of aryl methyl sites for hydroxylation is 2. The number of anilines is 1. The number of nitrogens with zero attached hydrogens (tertiary/aromatic N) is 6. The lowest BCUT2D eigenvalue weighted by atomic mass is 9.93. The van der Waals surface area contributed by atoms with E-state index in [1.165, 1.54) is 36.2 Å². The van der Waals surface area contributed by atoms with Gasteiger partial charge in [0.1, 0.15) is 22.4 Å². The van der Waals surface area contributed by atoms with E-state index in [9.17, 15) is 5.11 Å². The molecule has 1 aliphatic rings. The van der Waals surface area contributed by atoms with Crippen molar-refractivity contribution < 1.29 is 5.11 Å². The highest BCUT2D eigenvalue weighted by Crippen LogP contribution is 2.36. The van der Waals surface area contributed by atoms with E-state index in [0.29, 0.717) is 11.2 Å². The molecule has 0 amide bonds. The van der Waals surface area contributed by atoms with Gasteiger partial charge in [0.15, 0.2) is 11.3 Å². The number of fused-ring (bicyclic) bond motifs is 4. The third-order valence-corrected chi connectivity index (χ3v) is 11.5. The van der Waals surface area contributed by atoms with E-state index in [4.69, 9.17) is 16.7 Å². The van der Waals surface area contributed by atoms with E-state index < -0.39 is 0 Å². The molecule has 1 saturated carbocycles. The number of benzene rings is 2. The molecular formula is C36H32ClN7OS2. The van der Waals surface area contributed by atoms with Gasteiger partial charge in [0, 0.05) is 15.4 Å². The van der Waals surface area contributed by atoms with Crippen LogP contribution >= 0.6 is 34.3 Å². The molecule has 11 heteroatoms. The van der Waals surface area contributed by atoms with Crippen molar-refractivity contribution in [2.24, 2.45) is 0 Å². The van der Waals surface area contributed by atoms with Crippen molar-refractivity contribution >= 4 is 71.6 Å².